The Morgan fingerprint density at radius 3 is 3.11 bits per heavy atom. The molecule has 1 aliphatic carbocycles. The van der Waals surface area contributed by atoms with Crippen molar-refractivity contribution in [2.45, 2.75) is 38.8 Å². The van der Waals surface area contributed by atoms with Crippen LogP contribution in [0.4, 0.5) is 5.69 Å². The average molecular weight is 248 g/mol. The summed E-state index contributed by atoms with van der Waals surface area (Å²) in [5.41, 5.74) is 9.10. The number of nitrogen functional groups attached to an aromatic ring is 1. The number of anilines is 1. The van der Waals surface area contributed by atoms with E-state index in [1.165, 1.54) is 11.1 Å². The van der Waals surface area contributed by atoms with Crippen LogP contribution in [-0.4, -0.2) is 18.6 Å². The highest BCUT2D eigenvalue weighted by Gasteiger charge is 2.26. The topological polar surface area (TPSA) is 64.3 Å². The van der Waals surface area contributed by atoms with E-state index in [4.69, 9.17) is 10.5 Å². The molecule has 0 bridgehead atoms. The number of carbonyl (C=O) groups excluding carboxylic acids is 1. The molecule has 4 nitrogen and oxygen atoms in total. The highest BCUT2D eigenvalue weighted by molar-refractivity contribution is 5.75. The Morgan fingerprint density at radius 1 is 1.61 bits per heavy atom. The predicted molar refractivity (Wildman–Crippen MR) is 71.1 cm³/mol. The first-order chi connectivity index (χ1) is 8.61. The zero-order valence-electron chi connectivity index (χ0n) is 10.9. The lowest BCUT2D eigenvalue weighted by atomic mass is 10.1. The fourth-order valence-electron chi connectivity index (χ4n) is 2.45. The molecule has 2 rings (SSSR count). The minimum absolute atomic E-state index is 0.193. The molecule has 3 N–H and O–H groups in total. The van der Waals surface area contributed by atoms with Gasteiger partial charge in [0.2, 0.25) is 0 Å². The summed E-state index contributed by atoms with van der Waals surface area (Å²) < 4.78 is 5.00. The third kappa shape index (κ3) is 2.64. The molecular formula is C14H20N2O2. The first-order valence-electron chi connectivity index (χ1n) is 6.42. The summed E-state index contributed by atoms with van der Waals surface area (Å²) >= 11 is 0. The van der Waals surface area contributed by atoms with Gasteiger partial charge in [0.25, 0.3) is 0 Å². The molecule has 0 saturated carbocycles. The zero-order chi connectivity index (χ0) is 13.1. The van der Waals surface area contributed by atoms with E-state index in [1.807, 2.05) is 32.0 Å². The Hall–Kier alpha value is -1.55. The lowest BCUT2D eigenvalue weighted by Crippen LogP contribution is -2.37. The van der Waals surface area contributed by atoms with Gasteiger partial charge in [0, 0.05) is 11.7 Å². The van der Waals surface area contributed by atoms with Crippen LogP contribution < -0.4 is 11.1 Å². The summed E-state index contributed by atoms with van der Waals surface area (Å²) in [4.78, 5) is 11.6. The number of rotatable bonds is 4. The molecule has 0 spiro atoms. The number of benzene rings is 1. The third-order valence-corrected chi connectivity index (χ3v) is 3.34. The largest absolute Gasteiger partial charge is 0.465 e. The van der Waals surface area contributed by atoms with Crippen molar-refractivity contribution in [3.63, 3.8) is 0 Å². The van der Waals surface area contributed by atoms with Crippen molar-refractivity contribution < 1.29 is 9.53 Å². The van der Waals surface area contributed by atoms with Crippen molar-refractivity contribution in [1.29, 1.82) is 0 Å². The van der Waals surface area contributed by atoms with Crippen LogP contribution in [0.2, 0.25) is 0 Å². The van der Waals surface area contributed by atoms with Gasteiger partial charge in [0.1, 0.15) is 6.04 Å². The molecule has 0 aromatic heterocycles. The number of fused-ring (bicyclic) bond motifs is 1. The van der Waals surface area contributed by atoms with Crippen molar-refractivity contribution >= 4 is 11.7 Å². The molecule has 0 fully saturated rings. The van der Waals surface area contributed by atoms with Gasteiger partial charge in [-0.1, -0.05) is 6.07 Å². The summed E-state index contributed by atoms with van der Waals surface area (Å²) in [6, 6.07) is 5.92. The molecule has 98 valence electrons. The van der Waals surface area contributed by atoms with E-state index in [0.717, 1.165) is 18.5 Å². The molecule has 2 atom stereocenters. The molecule has 18 heavy (non-hydrogen) atoms. The van der Waals surface area contributed by atoms with E-state index in [-0.39, 0.29) is 18.1 Å². The Bertz CT molecular complexity index is 445. The fourth-order valence-corrected chi connectivity index (χ4v) is 2.45. The maximum Gasteiger partial charge on any atom is 0.322 e. The summed E-state index contributed by atoms with van der Waals surface area (Å²) in [5, 5.41) is 3.32. The third-order valence-electron chi connectivity index (χ3n) is 3.34. The standard InChI is InChI=1S/C14H20N2O2/c1-3-18-14(17)9(2)16-13-7-4-10-8-11(15)5-6-12(10)13/h5-6,8-9,13,16H,3-4,7,15H2,1-2H3. The normalized spacial score (nSPS) is 19.3. The fraction of sp³-hybridized carbons (Fsp3) is 0.500. The summed E-state index contributed by atoms with van der Waals surface area (Å²) in [6.07, 6.45) is 2.01. The highest BCUT2D eigenvalue weighted by atomic mass is 16.5. The van der Waals surface area contributed by atoms with Crippen molar-refractivity contribution in [2.75, 3.05) is 12.3 Å². The minimum Gasteiger partial charge on any atom is -0.465 e. The second kappa shape index (κ2) is 5.40. The monoisotopic (exact) mass is 248 g/mol. The molecule has 1 aromatic carbocycles. The van der Waals surface area contributed by atoms with E-state index in [0.29, 0.717) is 6.61 Å². The van der Waals surface area contributed by atoms with Gasteiger partial charge in [-0.05, 0) is 49.9 Å². The van der Waals surface area contributed by atoms with Gasteiger partial charge in [0.15, 0.2) is 0 Å². The van der Waals surface area contributed by atoms with Crippen LogP contribution in [0.1, 0.15) is 37.4 Å². The Morgan fingerprint density at radius 2 is 2.39 bits per heavy atom. The zero-order valence-corrected chi connectivity index (χ0v) is 10.9. The van der Waals surface area contributed by atoms with E-state index in [9.17, 15) is 4.79 Å². The number of esters is 1. The van der Waals surface area contributed by atoms with Crippen LogP contribution in [-0.2, 0) is 16.0 Å². The van der Waals surface area contributed by atoms with Gasteiger partial charge in [-0.3, -0.25) is 10.1 Å². The van der Waals surface area contributed by atoms with Gasteiger partial charge in [-0.2, -0.15) is 0 Å². The lowest BCUT2D eigenvalue weighted by molar-refractivity contribution is -0.145. The number of nitrogens with two attached hydrogens (primary N) is 1. The van der Waals surface area contributed by atoms with E-state index in [1.54, 1.807) is 0 Å². The summed E-state index contributed by atoms with van der Waals surface area (Å²) in [6.45, 7) is 4.08. The van der Waals surface area contributed by atoms with Crippen LogP contribution >= 0.6 is 0 Å². The molecule has 4 heteroatoms. The van der Waals surface area contributed by atoms with Crippen molar-refractivity contribution in [3.05, 3.63) is 29.3 Å². The van der Waals surface area contributed by atoms with E-state index in [2.05, 4.69) is 5.32 Å². The highest BCUT2D eigenvalue weighted by Crippen LogP contribution is 2.32. The average Bonchev–Trinajstić information content (AvgIpc) is 2.72. The molecule has 0 saturated heterocycles. The Labute approximate surface area is 108 Å². The molecule has 0 aliphatic heterocycles. The van der Waals surface area contributed by atoms with Gasteiger partial charge in [-0.15, -0.1) is 0 Å². The Balaban J connectivity index is 2.03. The van der Waals surface area contributed by atoms with Crippen molar-refractivity contribution in [3.8, 4) is 0 Å². The van der Waals surface area contributed by atoms with Crippen LogP contribution in [0, 0.1) is 0 Å². The lowest BCUT2D eigenvalue weighted by Gasteiger charge is -2.19. The quantitative estimate of drug-likeness (QED) is 0.630. The first kappa shape index (κ1) is 12.9. The summed E-state index contributed by atoms with van der Waals surface area (Å²) in [7, 11) is 0. The second-order valence-corrected chi connectivity index (χ2v) is 4.69. The second-order valence-electron chi connectivity index (χ2n) is 4.69. The Kier molecular flexibility index (Phi) is 3.87. The van der Waals surface area contributed by atoms with Crippen LogP contribution in [0.15, 0.2) is 18.2 Å². The van der Waals surface area contributed by atoms with Crippen LogP contribution in [0.25, 0.3) is 0 Å². The first-order valence-corrected chi connectivity index (χ1v) is 6.42. The maximum absolute atomic E-state index is 11.6. The number of carbonyl (C=O) groups is 1. The van der Waals surface area contributed by atoms with Crippen LogP contribution in [0.5, 0.6) is 0 Å². The van der Waals surface area contributed by atoms with E-state index < -0.39 is 0 Å². The van der Waals surface area contributed by atoms with Gasteiger partial charge < -0.3 is 10.5 Å². The maximum atomic E-state index is 11.6. The van der Waals surface area contributed by atoms with Crippen LogP contribution in [0.3, 0.4) is 0 Å². The van der Waals surface area contributed by atoms with Crippen molar-refractivity contribution in [1.82, 2.24) is 5.32 Å². The molecule has 0 amide bonds. The van der Waals surface area contributed by atoms with Gasteiger partial charge in [-0.25, -0.2) is 0 Å². The molecule has 1 aromatic rings. The molecule has 1 aliphatic rings. The molecule has 2 unspecified atom stereocenters. The number of hydrogen-bond acceptors (Lipinski definition) is 4. The molecule has 0 heterocycles. The SMILES string of the molecule is CCOC(=O)C(C)NC1CCc2cc(N)ccc21. The minimum atomic E-state index is -0.279. The number of nitrogens with one attached hydrogen (secondary N) is 1. The van der Waals surface area contributed by atoms with Crippen molar-refractivity contribution in [2.24, 2.45) is 0 Å². The van der Waals surface area contributed by atoms with E-state index >= 15 is 0 Å². The number of hydrogen-bond donors (Lipinski definition) is 2. The number of ether oxygens (including phenoxy) is 1. The molecule has 0 radical (unpaired) electrons. The van der Waals surface area contributed by atoms with Gasteiger partial charge in [0.05, 0.1) is 6.61 Å². The smallest absolute Gasteiger partial charge is 0.322 e. The van der Waals surface area contributed by atoms with Gasteiger partial charge >= 0.3 is 5.97 Å². The predicted octanol–water partition coefficient (Wildman–Crippen LogP) is 1.80. The number of aryl methyl sites for hydroxylation is 1. The molecular weight excluding hydrogens is 228 g/mol. The summed E-state index contributed by atoms with van der Waals surface area (Å²) in [5.74, 6) is -0.193.